The fourth-order valence-corrected chi connectivity index (χ4v) is 2.73. The molecule has 6 heteroatoms. The second-order valence-electron chi connectivity index (χ2n) is 6.07. The molecule has 0 fully saturated rings. The standard InChI is InChI=1S/C18H20N4O2/c1-12(2)20-14-9-10-19-16-15(14)17(23)21(3)18(24)22(16)11-13-7-5-4-6-8-13/h4-10,12H,11H2,1-3H3,(H,19,20). The Balaban J connectivity index is 2.29. The van der Waals surface area contributed by atoms with Crippen LogP contribution in [0.1, 0.15) is 19.4 Å². The molecule has 124 valence electrons. The lowest BCUT2D eigenvalue weighted by molar-refractivity contribution is 0.668. The van der Waals surface area contributed by atoms with Crippen molar-refractivity contribution in [1.29, 1.82) is 0 Å². The number of anilines is 1. The molecule has 0 aliphatic carbocycles. The predicted molar refractivity (Wildman–Crippen MR) is 95.5 cm³/mol. The van der Waals surface area contributed by atoms with E-state index < -0.39 is 0 Å². The van der Waals surface area contributed by atoms with Crippen LogP contribution in [0.5, 0.6) is 0 Å². The highest BCUT2D eigenvalue weighted by Gasteiger charge is 2.16. The van der Waals surface area contributed by atoms with Crippen LogP contribution in [0, 0.1) is 0 Å². The molecule has 2 aromatic heterocycles. The van der Waals surface area contributed by atoms with E-state index in [-0.39, 0.29) is 17.3 Å². The highest BCUT2D eigenvalue weighted by Crippen LogP contribution is 2.18. The van der Waals surface area contributed by atoms with Crippen LogP contribution in [0.15, 0.2) is 52.2 Å². The number of benzene rings is 1. The number of rotatable bonds is 4. The normalized spacial score (nSPS) is 11.2. The molecule has 0 amide bonds. The molecule has 0 atom stereocenters. The summed E-state index contributed by atoms with van der Waals surface area (Å²) in [5, 5.41) is 3.69. The van der Waals surface area contributed by atoms with Crippen LogP contribution in [0.4, 0.5) is 5.69 Å². The number of nitrogens with zero attached hydrogens (tertiary/aromatic N) is 3. The Hall–Kier alpha value is -2.89. The minimum Gasteiger partial charge on any atom is -0.382 e. The van der Waals surface area contributed by atoms with Crippen LogP contribution in [0.25, 0.3) is 11.0 Å². The average Bonchev–Trinajstić information content (AvgIpc) is 2.57. The highest BCUT2D eigenvalue weighted by molar-refractivity contribution is 5.88. The summed E-state index contributed by atoms with van der Waals surface area (Å²) in [5.41, 5.74) is 1.36. The largest absolute Gasteiger partial charge is 0.382 e. The molecule has 0 spiro atoms. The molecule has 0 saturated carbocycles. The molecule has 0 unspecified atom stereocenters. The fourth-order valence-electron chi connectivity index (χ4n) is 2.73. The average molecular weight is 324 g/mol. The number of nitrogens with one attached hydrogen (secondary N) is 1. The van der Waals surface area contributed by atoms with Gasteiger partial charge < -0.3 is 5.32 Å². The van der Waals surface area contributed by atoms with E-state index in [9.17, 15) is 9.59 Å². The van der Waals surface area contributed by atoms with Gasteiger partial charge in [-0.1, -0.05) is 30.3 Å². The van der Waals surface area contributed by atoms with Gasteiger partial charge in [0, 0.05) is 19.3 Å². The van der Waals surface area contributed by atoms with Crippen LogP contribution in [-0.2, 0) is 13.6 Å². The van der Waals surface area contributed by atoms with Gasteiger partial charge in [-0.15, -0.1) is 0 Å². The Morgan fingerprint density at radius 3 is 2.50 bits per heavy atom. The molecule has 0 aliphatic rings. The Morgan fingerprint density at radius 1 is 1.12 bits per heavy atom. The number of hydrogen-bond acceptors (Lipinski definition) is 4. The predicted octanol–water partition coefficient (Wildman–Crippen LogP) is 1.96. The molecular weight excluding hydrogens is 304 g/mol. The van der Waals surface area contributed by atoms with Crippen molar-refractivity contribution < 1.29 is 0 Å². The molecule has 0 saturated heterocycles. The third-order valence-electron chi connectivity index (χ3n) is 3.85. The van der Waals surface area contributed by atoms with Gasteiger partial charge in [-0.05, 0) is 25.5 Å². The summed E-state index contributed by atoms with van der Waals surface area (Å²) < 4.78 is 2.68. The molecule has 0 aliphatic heterocycles. The van der Waals surface area contributed by atoms with E-state index in [2.05, 4.69) is 10.3 Å². The highest BCUT2D eigenvalue weighted by atomic mass is 16.2. The van der Waals surface area contributed by atoms with Crippen LogP contribution in [-0.4, -0.2) is 20.2 Å². The lowest BCUT2D eigenvalue weighted by Gasteiger charge is -2.16. The van der Waals surface area contributed by atoms with E-state index in [1.807, 2.05) is 44.2 Å². The maximum atomic E-state index is 12.6. The van der Waals surface area contributed by atoms with Crippen LogP contribution >= 0.6 is 0 Å². The van der Waals surface area contributed by atoms with E-state index in [1.165, 1.54) is 11.6 Å². The van der Waals surface area contributed by atoms with Gasteiger partial charge in [-0.25, -0.2) is 9.78 Å². The van der Waals surface area contributed by atoms with Crippen molar-refractivity contribution in [3.63, 3.8) is 0 Å². The third-order valence-corrected chi connectivity index (χ3v) is 3.85. The van der Waals surface area contributed by atoms with Crippen molar-refractivity contribution in [2.45, 2.75) is 26.4 Å². The molecule has 3 rings (SSSR count). The number of hydrogen-bond donors (Lipinski definition) is 1. The minimum absolute atomic E-state index is 0.162. The van der Waals surface area contributed by atoms with Gasteiger partial charge in [0.05, 0.1) is 12.2 Å². The molecular formula is C18H20N4O2. The maximum Gasteiger partial charge on any atom is 0.332 e. The zero-order chi connectivity index (χ0) is 17.3. The van der Waals surface area contributed by atoms with Gasteiger partial charge >= 0.3 is 5.69 Å². The monoisotopic (exact) mass is 324 g/mol. The smallest absolute Gasteiger partial charge is 0.332 e. The topological polar surface area (TPSA) is 68.9 Å². The minimum atomic E-state index is -0.370. The van der Waals surface area contributed by atoms with Crippen molar-refractivity contribution in [1.82, 2.24) is 14.1 Å². The zero-order valence-corrected chi connectivity index (χ0v) is 14.0. The SMILES string of the molecule is CC(C)Nc1ccnc2c1c(=O)n(C)c(=O)n2Cc1ccccc1. The van der Waals surface area contributed by atoms with Gasteiger partial charge in [0.2, 0.25) is 0 Å². The van der Waals surface area contributed by atoms with Crippen molar-refractivity contribution in [3.05, 3.63) is 69.0 Å². The Labute approximate surface area is 139 Å². The number of pyridine rings is 1. The Morgan fingerprint density at radius 2 is 1.83 bits per heavy atom. The summed E-state index contributed by atoms with van der Waals surface area (Å²) in [7, 11) is 1.50. The van der Waals surface area contributed by atoms with Gasteiger partial charge in [0.25, 0.3) is 5.56 Å². The molecule has 0 radical (unpaired) electrons. The van der Waals surface area contributed by atoms with E-state index in [4.69, 9.17) is 0 Å². The third kappa shape index (κ3) is 2.82. The first-order valence-corrected chi connectivity index (χ1v) is 7.88. The molecule has 0 bridgehead atoms. The quantitative estimate of drug-likeness (QED) is 0.796. The van der Waals surface area contributed by atoms with Gasteiger partial charge in [-0.2, -0.15) is 0 Å². The summed E-state index contributed by atoms with van der Waals surface area (Å²) in [5.74, 6) is 0. The van der Waals surface area contributed by atoms with Gasteiger partial charge in [-0.3, -0.25) is 13.9 Å². The number of aromatic nitrogens is 3. The summed E-state index contributed by atoms with van der Waals surface area (Å²) in [6.07, 6.45) is 1.62. The molecule has 2 heterocycles. The van der Waals surface area contributed by atoms with E-state index in [1.54, 1.807) is 12.3 Å². The number of fused-ring (bicyclic) bond motifs is 1. The maximum absolute atomic E-state index is 12.6. The Kier molecular flexibility index (Phi) is 4.20. The van der Waals surface area contributed by atoms with Crippen LogP contribution in [0.2, 0.25) is 0 Å². The van der Waals surface area contributed by atoms with Crippen LogP contribution in [0.3, 0.4) is 0 Å². The second kappa shape index (κ2) is 6.31. The van der Waals surface area contributed by atoms with E-state index >= 15 is 0 Å². The molecule has 3 aromatic rings. The molecule has 6 nitrogen and oxygen atoms in total. The van der Waals surface area contributed by atoms with Gasteiger partial charge in [0.15, 0.2) is 5.65 Å². The van der Waals surface area contributed by atoms with Crippen LogP contribution < -0.4 is 16.6 Å². The van der Waals surface area contributed by atoms with Crippen molar-refractivity contribution in [3.8, 4) is 0 Å². The van der Waals surface area contributed by atoms with Gasteiger partial charge in [0.1, 0.15) is 5.39 Å². The fraction of sp³-hybridized carbons (Fsp3) is 0.278. The van der Waals surface area contributed by atoms with Crippen molar-refractivity contribution >= 4 is 16.7 Å². The Bertz CT molecular complexity index is 988. The lowest BCUT2D eigenvalue weighted by atomic mass is 10.2. The zero-order valence-electron chi connectivity index (χ0n) is 14.0. The lowest BCUT2D eigenvalue weighted by Crippen LogP contribution is -2.39. The molecule has 24 heavy (non-hydrogen) atoms. The first kappa shape index (κ1) is 16.0. The summed E-state index contributed by atoms with van der Waals surface area (Å²) in [4.78, 5) is 29.6. The first-order valence-electron chi connectivity index (χ1n) is 7.88. The van der Waals surface area contributed by atoms with Crippen molar-refractivity contribution in [2.75, 3.05) is 5.32 Å². The summed E-state index contributed by atoms with van der Waals surface area (Å²) in [6.45, 7) is 4.36. The summed E-state index contributed by atoms with van der Waals surface area (Å²) >= 11 is 0. The molecule has 1 aromatic carbocycles. The first-order chi connectivity index (χ1) is 11.5. The summed E-state index contributed by atoms with van der Waals surface area (Å²) in [6, 6.07) is 11.6. The molecule has 1 N–H and O–H groups in total. The van der Waals surface area contributed by atoms with Crippen molar-refractivity contribution in [2.24, 2.45) is 7.05 Å². The second-order valence-corrected chi connectivity index (χ2v) is 6.07. The van der Waals surface area contributed by atoms with E-state index in [0.29, 0.717) is 23.3 Å². The van der Waals surface area contributed by atoms with E-state index in [0.717, 1.165) is 10.1 Å².